The van der Waals surface area contributed by atoms with Gasteiger partial charge in [-0.2, -0.15) is 0 Å². The van der Waals surface area contributed by atoms with E-state index in [2.05, 4.69) is 41.0 Å². The average Bonchev–Trinajstić information content (AvgIpc) is 3.08. The Kier molecular flexibility index (Phi) is 6.98. The summed E-state index contributed by atoms with van der Waals surface area (Å²) >= 11 is 6.06. The van der Waals surface area contributed by atoms with Gasteiger partial charge < -0.3 is 20.2 Å². The van der Waals surface area contributed by atoms with E-state index in [1.807, 2.05) is 29.2 Å². The van der Waals surface area contributed by atoms with Gasteiger partial charge in [0.2, 0.25) is 5.91 Å². The van der Waals surface area contributed by atoms with Crippen LogP contribution in [0.5, 0.6) is 0 Å². The first-order valence-electron chi connectivity index (χ1n) is 11.4. The summed E-state index contributed by atoms with van der Waals surface area (Å²) in [4.78, 5) is 26.5. The van der Waals surface area contributed by atoms with Crippen molar-refractivity contribution in [3.8, 4) is 0 Å². The van der Waals surface area contributed by atoms with Gasteiger partial charge in [0, 0.05) is 49.4 Å². The van der Waals surface area contributed by atoms with Crippen LogP contribution in [0.1, 0.15) is 62.0 Å². The van der Waals surface area contributed by atoms with Crippen molar-refractivity contribution in [2.75, 3.05) is 37.6 Å². The van der Waals surface area contributed by atoms with E-state index in [4.69, 9.17) is 11.6 Å². The minimum absolute atomic E-state index is 0.136. The lowest BCUT2D eigenvalue weighted by Crippen LogP contribution is -2.51. The molecule has 2 N–H and O–H groups in total. The topological polar surface area (TPSA) is 81.6 Å². The number of piperazine rings is 1. The zero-order chi connectivity index (χ0) is 22.8. The van der Waals surface area contributed by atoms with E-state index in [1.54, 1.807) is 6.33 Å². The molecule has 2 aromatic rings. The van der Waals surface area contributed by atoms with Crippen molar-refractivity contribution in [1.82, 2.24) is 20.2 Å². The van der Waals surface area contributed by atoms with Gasteiger partial charge in [0.25, 0.3) is 0 Å². The Morgan fingerprint density at radius 1 is 1.19 bits per heavy atom. The molecule has 1 amide bonds. The summed E-state index contributed by atoms with van der Waals surface area (Å²) in [5.74, 6) is 1.02. The molecule has 1 fully saturated rings. The fraction of sp³-hybridized carbons (Fsp3) is 0.542. The van der Waals surface area contributed by atoms with Crippen molar-refractivity contribution >= 4 is 23.3 Å². The maximum atomic E-state index is 13.5. The zero-order valence-corrected chi connectivity index (χ0v) is 19.7. The summed E-state index contributed by atoms with van der Waals surface area (Å²) in [7, 11) is 0. The highest BCUT2D eigenvalue weighted by atomic mass is 35.5. The number of aliphatic hydroxyl groups excluding tert-OH is 1. The molecule has 3 atom stereocenters. The standard InChI is InChI=1S/C24H32ClN5O2/c1-15(2)26-13-19(17-4-6-18(25)7-5-17)24(32)30-10-8-29(9-11-30)23-21-16(3)12-20(31)22(21)27-14-28-23/h4-7,14-16,19-20,26,31H,8-13H2,1-3H3/t16?,19-,20+/m1/s1. The van der Waals surface area contributed by atoms with E-state index in [0.717, 1.165) is 22.6 Å². The number of benzene rings is 1. The van der Waals surface area contributed by atoms with Crippen LogP contribution in [-0.2, 0) is 4.79 Å². The number of hydrogen-bond donors (Lipinski definition) is 2. The van der Waals surface area contributed by atoms with Gasteiger partial charge in [0.05, 0.1) is 17.7 Å². The summed E-state index contributed by atoms with van der Waals surface area (Å²) < 4.78 is 0. The van der Waals surface area contributed by atoms with Crippen LogP contribution in [0.2, 0.25) is 5.02 Å². The maximum Gasteiger partial charge on any atom is 0.231 e. The maximum absolute atomic E-state index is 13.5. The first kappa shape index (κ1) is 23.0. The number of hydrogen-bond acceptors (Lipinski definition) is 6. The molecule has 8 heteroatoms. The Labute approximate surface area is 194 Å². The zero-order valence-electron chi connectivity index (χ0n) is 19.0. The minimum atomic E-state index is -0.516. The van der Waals surface area contributed by atoms with E-state index >= 15 is 0 Å². The van der Waals surface area contributed by atoms with Gasteiger partial charge in [-0.15, -0.1) is 0 Å². The predicted molar refractivity (Wildman–Crippen MR) is 126 cm³/mol. The van der Waals surface area contributed by atoms with E-state index in [0.29, 0.717) is 50.2 Å². The van der Waals surface area contributed by atoms with E-state index in [9.17, 15) is 9.90 Å². The second-order valence-corrected chi connectivity index (χ2v) is 9.56. The van der Waals surface area contributed by atoms with Crippen LogP contribution in [-0.4, -0.2) is 64.6 Å². The molecule has 1 aromatic heterocycles. The Morgan fingerprint density at radius 2 is 1.88 bits per heavy atom. The molecule has 0 saturated carbocycles. The third-order valence-electron chi connectivity index (χ3n) is 6.47. The number of anilines is 1. The molecular weight excluding hydrogens is 426 g/mol. The number of fused-ring (bicyclic) bond motifs is 1. The number of amides is 1. The highest BCUT2D eigenvalue weighted by molar-refractivity contribution is 6.30. The fourth-order valence-corrected chi connectivity index (χ4v) is 4.84. The quantitative estimate of drug-likeness (QED) is 0.693. The summed E-state index contributed by atoms with van der Waals surface area (Å²) in [6, 6.07) is 7.87. The van der Waals surface area contributed by atoms with Gasteiger partial charge in [-0.05, 0) is 30.0 Å². The fourth-order valence-electron chi connectivity index (χ4n) is 4.71. The van der Waals surface area contributed by atoms with Gasteiger partial charge >= 0.3 is 0 Å². The molecule has 172 valence electrons. The van der Waals surface area contributed by atoms with Gasteiger partial charge in [-0.25, -0.2) is 9.97 Å². The highest BCUT2D eigenvalue weighted by Crippen LogP contribution is 2.42. The van der Waals surface area contributed by atoms with E-state index in [1.165, 1.54) is 0 Å². The highest BCUT2D eigenvalue weighted by Gasteiger charge is 2.35. The number of carbonyl (C=O) groups is 1. The van der Waals surface area contributed by atoms with Gasteiger partial charge in [-0.1, -0.05) is 44.5 Å². The Morgan fingerprint density at radius 3 is 2.53 bits per heavy atom. The number of aromatic nitrogens is 2. The molecule has 1 aliphatic carbocycles. The van der Waals surface area contributed by atoms with Crippen LogP contribution in [0.3, 0.4) is 0 Å². The molecule has 0 radical (unpaired) electrons. The van der Waals surface area contributed by atoms with Gasteiger partial charge in [0.15, 0.2) is 0 Å². The SMILES string of the molecule is CC(C)NC[C@@H](C(=O)N1CCN(c2ncnc3c2C(C)C[C@@H]3O)CC1)c1ccc(Cl)cc1. The number of nitrogens with zero attached hydrogens (tertiary/aromatic N) is 4. The molecule has 4 rings (SSSR count). The van der Waals surface area contributed by atoms with Crippen molar-refractivity contribution < 1.29 is 9.90 Å². The molecule has 1 saturated heterocycles. The average molecular weight is 458 g/mol. The van der Waals surface area contributed by atoms with Crippen LogP contribution in [0.15, 0.2) is 30.6 Å². The second kappa shape index (κ2) is 9.73. The molecule has 1 aromatic carbocycles. The number of nitrogens with one attached hydrogen (secondary N) is 1. The predicted octanol–water partition coefficient (Wildman–Crippen LogP) is 3.10. The molecular formula is C24H32ClN5O2. The van der Waals surface area contributed by atoms with Crippen molar-refractivity contribution in [1.29, 1.82) is 0 Å². The summed E-state index contributed by atoms with van der Waals surface area (Å²) in [6.07, 6.45) is 1.71. The van der Waals surface area contributed by atoms with E-state index < -0.39 is 6.10 Å². The molecule has 2 aliphatic rings. The lowest BCUT2D eigenvalue weighted by Gasteiger charge is -2.38. The van der Waals surface area contributed by atoms with Crippen molar-refractivity contribution in [2.45, 2.75) is 51.2 Å². The molecule has 2 heterocycles. The summed E-state index contributed by atoms with van der Waals surface area (Å²) in [6.45, 7) is 9.57. The largest absolute Gasteiger partial charge is 0.387 e. The minimum Gasteiger partial charge on any atom is -0.387 e. The van der Waals surface area contributed by atoms with Gasteiger partial charge in [-0.3, -0.25) is 4.79 Å². The Hall–Kier alpha value is -2.22. The van der Waals surface area contributed by atoms with Crippen LogP contribution >= 0.6 is 11.6 Å². The van der Waals surface area contributed by atoms with Crippen molar-refractivity contribution in [3.63, 3.8) is 0 Å². The number of rotatable bonds is 6. The van der Waals surface area contributed by atoms with Gasteiger partial charge in [0.1, 0.15) is 12.1 Å². The first-order valence-corrected chi connectivity index (χ1v) is 11.8. The molecule has 0 bridgehead atoms. The monoisotopic (exact) mass is 457 g/mol. The van der Waals surface area contributed by atoms with Crippen molar-refractivity contribution in [3.05, 3.63) is 52.4 Å². The third-order valence-corrected chi connectivity index (χ3v) is 6.72. The molecule has 0 spiro atoms. The van der Waals surface area contributed by atoms with Crippen LogP contribution in [0, 0.1) is 0 Å². The Bertz CT molecular complexity index is 944. The lowest BCUT2D eigenvalue weighted by molar-refractivity contribution is -0.133. The first-order chi connectivity index (χ1) is 15.3. The lowest BCUT2D eigenvalue weighted by atomic mass is 9.96. The normalized spacial score (nSPS) is 21.7. The Balaban J connectivity index is 1.47. The number of aliphatic hydroxyl groups is 1. The van der Waals surface area contributed by atoms with Crippen LogP contribution < -0.4 is 10.2 Å². The summed E-state index contributed by atoms with van der Waals surface area (Å²) in [5.41, 5.74) is 2.79. The van der Waals surface area contributed by atoms with Crippen LogP contribution in [0.4, 0.5) is 5.82 Å². The van der Waals surface area contributed by atoms with E-state index in [-0.39, 0.29) is 17.7 Å². The molecule has 1 aliphatic heterocycles. The number of carbonyl (C=O) groups excluding carboxylic acids is 1. The molecule has 32 heavy (non-hydrogen) atoms. The number of halogens is 1. The summed E-state index contributed by atoms with van der Waals surface area (Å²) in [5, 5.41) is 14.4. The van der Waals surface area contributed by atoms with Crippen molar-refractivity contribution in [2.24, 2.45) is 0 Å². The second-order valence-electron chi connectivity index (χ2n) is 9.13. The van der Waals surface area contributed by atoms with Crippen LogP contribution in [0.25, 0.3) is 0 Å². The molecule has 1 unspecified atom stereocenters. The third kappa shape index (κ3) is 4.75. The smallest absolute Gasteiger partial charge is 0.231 e. The molecule has 7 nitrogen and oxygen atoms in total.